The highest BCUT2D eigenvalue weighted by Crippen LogP contribution is 2.11. The average Bonchev–Trinajstić information content (AvgIpc) is 2.17. The van der Waals surface area contributed by atoms with Gasteiger partial charge in [-0.05, 0) is 25.8 Å². The Morgan fingerprint density at radius 2 is 2.23 bits per heavy atom. The summed E-state index contributed by atoms with van der Waals surface area (Å²) in [6.07, 6.45) is 0. The second kappa shape index (κ2) is 6.30. The lowest BCUT2D eigenvalue weighted by Crippen LogP contribution is -1.90. The van der Waals surface area contributed by atoms with E-state index in [0.717, 1.165) is 11.1 Å². The van der Waals surface area contributed by atoms with Gasteiger partial charge in [0, 0.05) is 33.9 Å². The van der Waals surface area contributed by atoms with Crippen LogP contribution >= 0.6 is 30.1 Å². The summed E-state index contributed by atoms with van der Waals surface area (Å²) in [5.74, 6) is 3.07. The van der Waals surface area contributed by atoms with Crippen molar-refractivity contribution >= 4 is 30.1 Å². The molecule has 3 heteroatoms. The highest BCUT2D eigenvalue weighted by Gasteiger charge is 1.96. The molecule has 0 radical (unpaired) electrons. The third-order valence-corrected chi connectivity index (χ3v) is 2.38. The molecule has 13 heavy (non-hydrogen) atoms. The molecule has 0 saturated carbocycles. The van der Waals surface area contributed by atoms with E-state index in [2.05, 4.69) is 32.4 Å². The Bertz CT molecular complexity index is 327. The van der Waals surface area contributed by atoms with Gasteiger partial charge < -0.3 is 4.74 Å². The van der Waals surface area contributed by atoms with Crippen LogP contribution in [0.4, 0.5) is 0 Å². The van der Waals surface area contributed by atoms with Crippen LogP contribution in [0.2, 0.25) is 0 Å². The van der Waals surface area contributed by atoms with Crippen molar-refractivity contribution in [3.05, 3.63) is 35.4 Å². The van der Waals surface area contributed by atoms with Gasteiger partial charge in [-0.25, -0.2) is 0 Å². The van der Waals surface area contributed by atoms with Gasteiger partial charge in [-0.1, -0.05) is 24.1 Å². The molecule has 1 rings (SSSR count). The summed E-state index contributed by atoms with van der Waals surface area (Å²) in [5.41, 5.74) is 2.19. The van der Waals surface area contributed by atoms with Gasteiger partial charge in [0.05, 0.1) is 6.61 Å². The first-order valence-corrected chi connectivity index (χ1v) is 7.10. The molecule has 0 heterocycles. The van der Waals surface area contributed by atoms with Crippen LogP contribution in [0.3, 0.4) is 0 Å². The van der Waals surface area contributed by atoms with Gasteiger partial charge in [0.25, 0.3) is 0 Å². The molecule has 1 nitrogen and oxygen atoms in total. The maximum Gasteiger partial charge on any atom is 0.0725 e. The quantitative estimate of drug-likeness (QED) is 0.613. The van der Waals surface area contributed by atoms with Crippen LogP contribution < -0.4 is 0 Å². The predicted octanol–water partition coefficient (Wildman–Crippen LogP) is 3.23. The predicted molar refractivity (Wildman–Crippen MR) is 65.6 cm³/mol. The number of hydrogen-bond donors (Lipinski definition) is 0. The van der Waals surface area contributed by atoms with Crippen LogP contribution in [0, 0.1) is 11.2 Å². The molecule has 0 atom stereocenters. The van der Waals surface area contributed by atoms with E-state index in [9.17, 15) is 0 Å². The van der Waals surface area contributed by atoms with Crippen molar-refractivity contribution in [2.75, 3.05) is 7.11 Å². The fourth-order valence-electron chi connectivity index (χ4n) is 0.998. The van der Waals surface area contributed by atoms with Crippen molar-refractivity contribution in [1.29, 1.82) is 0 Å². The zero-order valence-electron chi connectivity index (χ0n) is 7.21. The second-order valence-corrected chi connectivity index (χ2v) is 4.07. The summed E-state index contributed by atoms with van der Waals surface area (Å²) >= 11 is 2.16. The molecular weight excluding hydrogens is 295 g/mol. The Hall–Kier alpha value is -0.180. The summed E-state index contributed by atoms with van der Waals surface area (Å²) in [5, 5.41) is 2.96. The third-order valence-electron chi connectivity index (χ3n) is 1.54. The highest BCUT2D eigenvalue weighted by atomic mass is 127. The highest BCUT2D eigenvalue weighted by molar-refractivity contribution is 14.2. The molecule has 0 saturated heterocycles. The van der Waals surface area contributed by atoms with Crippen LogP contribution in [0.15, 0.2) is 24.3 Å². The van der Waals surface area contributed by atoms with Crippen LogP contribution in [-0.2, 0) is 11.3 Å². The molecule has 0 aliphatic heterocycles. The molecule has 0 N–H and O–H groups in total. The van der Waals surface area contributed by atoms with Gasteiger partial charge in [0.1, 0.15) is 0 Å². The first-order valence-electron chi connectivity index (χ1n) is 3.74. The molecule has 0 aromatic heterocycles. The Kier molecular flexibility index (Phi) is 5.28. The summed E-state index contributed by atoms with van der Waals surface area (Å²) in [6.45, 7) is 0.622. The molecule has 0 spiro atoms. The lowest BCUT2D eigenvalue weighted by Gasteiger charge is -2.01. The van der Waals surface area contributed by atoms with Crippen LogP contribution in [0.5, 0.6) is 0 Å². The maximum atomic E-state index is 5.07. The van der Waals surface area contributed by atoms with Gasteiger partial charge in [0.15, 0.2) is 0 Å². The van der Waals surface area contributed by atoms with Crippen molar-refractivity contribution in [2.24, 2.45) is 0 Å². The molecule has 0 fully saturated rings. The smallest absolute Gasteiger partial charge is 0.0725 e. The molecular formula is C10H9IOS. The summed E-state index contributed by atoms with van der Waals surface area (Å²) in [4.78, 5) is 0. The standard InChI is InChI=1S/C10H9IOS/c1-12-8-10-5-3-2-4-9(10)6-7-13-11/h2-5H,8H2,1H3. The van der Waals surface area contributed by atoms with E-state index >= 15 is 0 Å². The molecule has 1 aromatic carbocycles. The minimum atomic E-state index is 0.622. The number of benzene rings is 1. The van der Waals surface area contributed by atoms with Crippen molar-refractivity contribution < 1.29 is 4.74 Å². The maximum absolute atomic E-state index is 5.07. The van der Waals surface area contributed by atoms with Crippen LogP contribution in [0.25, 0.3) is 0 Å². The van der Waals surface area contributed by atoms with E-state index in [1.807, 2.05) is 24.3 Å². The molecule has 0 bridgehead atoms. The number of methoxy groups -OCH3 is 1. The average molecular weight is 304 g/mol. The fourth-order valence-corrected chi connectivity index (χ4v) is 1.48. The van der Waals surface area contributed by atoms with Gasteiger partial charge >= 0.3 is 0 Å². The minimum Gasteiger partial charge on any atom is -0.380 e. The van der Waals surface area contributed by atoms with Gasteiger partial charge in [-0.2, -0.15) is 0 Å². The number of halogens is 1. The Labute approximate surface area is 94.8 Å². The lowest BCUT2D eigenvalue weighted by atomic mass is 10.1. The molecule has 0 unspecified atom stereocenters. The van der Waals surface area contributed by atoms with Gasteiger partial charge in [-0.15, -0.1) is 0 Å². The van der Waals surface area contributed by atoms with E-state index in [0.29, 0.717) is 6.61 Å². The molecule has 1 aromatic rings. The van der Waals surface area contributed by atoms with E-state index in [-0.39, 0.29) is 0 Å². The fraction of sp³-hybridized carbons (Fsp3) is 0.200. The van der Waals surface area contributed by atoms with Crippen molar-refractivity contribution in [1.82, 2.24) is 0 Å². The minimum absolute atomic E-state index is 0.622. The summed E-state index contributed by atoms with van der Waals surface area (Å²) < 4.78 is 5.07. The van der Waals surface area contributed by atoms with Crippen LogP contribution in [0.1, 0.15) is 11.1 Å². The molecule has 68 valence electrons. The van der Waals surface area contributed by atoms with Crippen molar-refractivity contribution in [2.45, 2.75) is 6.61 Å². The Morgan fingerprint density at radius 1 is 1.46 bits per heavy atom. The van der Waals surface area contributed by atoms with E-state index in [4.69, 9.17) is 4.74 Å². The zero-order chi connectivity index (χ0) is 9.52. The first-order chi connectivity index (χ1) is 6.38. The topological polar surface area (TPSA) is 9.23 Å². The summed E-state index contributed by atoms with van der Waals surface area (Å²) in [7, 11) is 3.18. The van der Waals surface area contributed by atoms with E-state index in [1.165, 1.54) is 8.93 Å². The van der Waals surface area contributed by atoms with E-state index < -0.39 is 0 Å². The molecule has 0 aliphatic rings. The zero-order valence-corrected chi connectivity index (χ0v) is 10.2. The number of ether oxygens (including phenoxy) is 1. The number of rotatable bonds is 2. The van der Waals surface area contributed by atoms with Crippen molar-refractivity contribution in [3.63, 3.8) is 0 Å². The van der Waals surface area contributed by atoms with Crippen LogP contribution in [-0.4, -0.2) is 7.11 Å². The Morgan fingerprint density at radius 3 is 2.92 bits per heavy atom. The van der Waals surface area contributed by atoms with Gasteiger partial charge in [0.2, 0.25) is 0 Å². The third kappa shape index (κ3) is 3.59. The lowest BCUT2D eigenvalue weighted by molar-refractivity contribution is 0.184. The van der Waals surface area contributed by atoms with Gasteiger partial charge in [-0.3, -0.25) is 0 Å². The molecule has 0 amide bonds. The second-order valence-electron chi connectivity index (χ2n) is 2.39. The number of hydrogen-bond acceptors (Lipinski definition) is 2. The monoisotopic (exact) mass is 304 g/mol. The normalized spacial score (nSPS) is 9.08. The SMILES string of the molecule is COCc1ccccc1C#CSI. The van der Waals surface area contributed by atoms with Crippen molar-refractivity contribution in [3.8, 4) is 11.2 Å². The summed E-state index contributed by atoms with van der Waals surface area (Å²) in [6, 6.07) is 8.03. The van der Waals surface area contributed by atoms with E-state index in [1.54, 1.807) is 7.11 Å². The largest absolute Gasteiger partial charge is 0.380 e. The molecule has 0 aliphatic carbocycles. The Balaban J connectivity index is 2.90. The first kappa shape index (κ1) is 10.9.